The standard InChI is InChI=1S/C19H33NS/c1-7-11-20-18(14-21-19(4,5)6)17-10-8-9-16(13-17)12-15(2)3/h8-10,13,15,18,20H,7,11-12,14H2,1-6H3. The molecule has 0 aliphatic rings. The predicted molar refractivity (Wildman–Crippen MR) is 98.2 cm³/mol. The molecule has 0 heterocycles. The zero-order valence-corrected chi connectivity index (χ0v) is 15.5. The van der Waals surface area contributed by atoms with Gasteiger partial charge in [0, 0.05) is 16.5 Å². The summed E-state index contributed by atoms with van der Waals surface area (Å²) in [7, 11) is 0. The highest BCUT2D eigenvalue weighted by atomic mass is 32.2. The monoisotopic (exact) mass is 307 g/mol. The topological polar surface area (TPSA) is 12.0 Å². The first kappa shape index (κ1) is 18.6. The van der Waals surface area contributed by atoms with E-state index in [2.05, 4.69) is 71.1 Å². The van der Waals surface area contributed by atoms with Gasteiger partial charge >= 0.3 is 0 Å². The van der Waals surface area contributed by atoms with Gasteiger partial charge in [0.2, 0.25) is 0 Å². The number of hydrogen-bond donors (Lipinski definition) is 1. The van der Waals surface area contributed by atoms with E-state index in [0.717, 1.165) is 12.3 Å². The van der Waals surface area contributed by atoms with Crippen molar-refractivity contribution in [3.63, 3.8) is 0 Å². The summed E-state index contributed by atoms with van der Waals surface area (Å²) >= 11 is 2.04. The smallest absolute Gasteiger partial charge is 0.0412 e. The van der Waals surface area contributed by atoms with Gasteiger partial charge in [-0.3, -0.25) is 0 Å². The second-order valence-electron chi connectivity index (χ2n) is 7.27. The quantitative estimate of drug-likeness (QED) is 0.684. The molecule has 1 aromatic rings. The maximum absolute atomic E-state index is 3.72. The highest BCUT2D eigenvalue weighted by Gasteiger charge is 2.17. The minimum Gasteiger partial charge on any atom is -0.309 e. The molecule has 1 unspecified atom stereocenters. The molecule has 1 atom stereocenters. The number of hydrogen-bond acceptors (Lipinski definition) is 2. The molecule has 2 heteroatoms. The van der Waals surface area contributed by atoms with Gasteiger partial charge in [0.15, 0.2) is 0 Å². The molecule has 0 aromatic heterocycles. The van der Waals surface area contributed by atoms with Crippen molar-refractivity contribution in [2.24, 2.45) is 5.92 Å². The fraction of sp³-hybridized carbons (Fsp3) is 0.684. The summed E-state index contributed by atoms with van der Waals surface area (Å²) in [6, 6.07) is 9.62. The number of nitrogens with one attached hydrogen (secondary N) is 1. The number of benzene rings is 1. The van der Waals surface area contributed by atoms with Crippen LogP contribution in [0.15, 0.2) is 24.3 Å². The fourth-order valence-electron chi connectivity index (χ4n) is 2.33. The van der Waals surface area contributed by atoms with Crippen LogP contribution in [0.25, 0.3) is 0 Å². The van der Waals surface area contributed by atoms with Crippen LogP contribution < -0.4 is 5.32 Å². The average molecular weight is 308 g/mol. The summed E-state index contributed by atoms with van der Waals surface area (Å²) in [6.07, 6.45) is 2.35. The minimum absolute atomic E-state index is 0.321. The van der Waals surface area contributed by atoms with E-state index >= 15 is 0 Å². The third-order valence-corrected chi connectivity index (χ3v) is 4.69. The Balaban J connectivity index is 2.81. The molecule has 0 spiro atoms. The number of thioether (sulfide) groups is 1. The summed E-state index contributed by atoms with van der Waals surface area (Å²) in [4.78, 5) is 0. The van der Waals surface area contributed by atoms with Crippen molar-refractivity contribution in [2.45, 2.75) is 65.2 Å². The molecule has 0 aliphatic carbocycles. The molecular weight excluding hydrogens is 274 g/mol. The van der Waals surface area contributed by atoms with Crippen LogP contribution in [0.1, 0.15) is 65.1 Å². The van der Waals surface area contributed by atoms with Gasteiger partial charge in [0.05, 0.1) is 0 Å². The first-order valence-corrected chi connectivity index (χ1v) is 9.26. The highest BCUT2D eigenvalue weighted by Crippen LogP contribution is 2.29. The first-order chi connectivity index (χ1) is 9.81. The van der Waals surface area contributed by atoms with E-state index in [9.17, 15) is 0 Å². The molecule has 0 fully saturated rings. The Morgan fingerprint density at radius 2 is 1.90 bits per heavy atom. The highest BCUT2D eigenvalue weighted by molar-refractivity contribution is 8.00. The van der Waals surface area contributed by atoms with E-state index in [4.69, 9.17) is 0 Å². The van der Waals surface area contributed by atoms with Crippen LogP contribution in [-0.4, -0.2) is 17.0 Å². The van der Waals surface area contributed by atoms with Gasteiger partial charge in [-0.2, -0.15) is 11.8 Å². The third-order valence-electron chi connectivity index (χ3n) is 3.32. The van der Waals surface area contributed by atoms with E-state index in [0.29, 0.717) is 16.7 Å². The second kappa shape index (κ2) is 8.85. The van der Waals surface area contributed by atoms with Gasteiger partial charge in [-0.15, -0.1) is 0 Å². The molecule has 0 aliphatic heterocycles. The van der Waals surface area contributed by atoms with Crippen LogP contribution >= 0.6 is 11.8 Å². The van der Waals surface area contributed by atoms with Crippen LogP contribution in [0.4, 0.5) is 0 Å². The Kier molecular flexibility index (Phi) is 7.83. The van der Waals surface area contributed by atoms with Crippen molar-refractivity contribution < 1.29 is 0 Å². The van der Waals surface area contributed by atoms with E-state index in [1.807, 2.05) is 11.8 Å². The molecule has 1 N–H and O–H groups in total. The summed E-state index contributed by atoms with van der Waals surface area (Å²) in [5, 5.41) is 3.72. The van der Waals surface area contributed by atoms with Gasteiger partial charge in [-0.05, 0) is 36.4 Å². The van der Waals surface area contributed by atoms with Crippen LogP contribution in [0, 0.1) is 5.92 Å². The fourth-order valence-corrected chi connectivity index (χ4v) is 3.31. The lowest BCUT2D eigenvalue weighted by Gasteiger charge is -2.24. The Hall–Kier alpha value is -0.470. The molecular formula is C19H33NS. The Labute approximate surface area is 136 Å². The van der Waals surface area contributed by atoms with E-state index < -0.39 is 0 Å². The summed E-state index contributed by atoms with van der Waals surface area (Å²) in [5.41, 5.74) is 2.91. The van der Waals surface area contributed by atoms with Crippen molar-refractivity contribution in [2.75, 3.05) is 12.3 Å². The molecule has 0 amide bonds. The van der Waals surface area contributed by atoms with Gasteiger partial charge < -0.3 is 5.32 Å². The Morgan fingerprint density at radius 3 is 2.48 bits per heavy atom. The van der Waals surface area contributed by atoms with Crippen LogP contribution in [-0.2, 0) is 6.42 Å². The average Bonchev–Trinajstić information content (AvgIpc) is 2.37. The lowest BCUT2D eigenvalue weighted by Crippen LogP contribution is -2.26. The van der Waals surface area contributed by atoms with Gasteiger partial charge in [-0.25, -0.2) is 0 Å². The van der Waals surface area contributed by atoms with E-state index in [1.54, 1.807) is 0 Å². The SMILES string of the molecule is CCCNC(CSC(C)(C)C)c1cccc(CC(C)C)c1. The summed E-state index contributed by atoms with van der Waals surface area (Å²) in [6.45, 7) is 14.8. The zero-order valence-electron chi connectivity index (χ0n) is 14.7. The Bertz CT molecular complexity index is 406. The predicted octanol–water partition coefficient (Wildman–Crippen LogP) is 5.46. The van der Waals surface area contributed by atoms with Crippen molar-refractivity contribution >= 4 is 11.8 Å². The molecule has 0 saturated heterocycles. The Morgan fingerprint density at radius 1 is 1.19 bits per heavy atom. The maximum Gasteiger partial charge on any atom is 0.0412 e. The molecule has 1 aromatic carbocycles. The number of rotatable bonds is 8. The third kappa shape index (κ3) is 7.92. The lowest BCUT2D eigenvalue weighted by atomic mass is 9.98. The summed E-state index contributed by atoms with van der Waals surface area (Å²) < 4.78 is 0.321. The van der Waals surface area contributed by atoms with Crippen LogP contribution in [0.2, 0.25) is 0 Å². The molecule has 1 rings (SSSR count). The summed E-state index contributed by atoms with van der Waals surface area (Å²) in [5.74, 6) is 1.85. The zero-order chi connectivity index (χ0) is 15.9. The largest absolute Gasteiger partial charge is 0.309 e. The van der Waals surface area contributed by atoms with Gasteiger partial charge in [0.25, 0.3) is 0 Å². The normalized spacial score (nSPS) is 13.7. The molecule has 1 nitrogen and oxygen atoms in total. The van der Waals surface area contributed by atoms with Gasteiger partial charge in [-0.1, -0.05) is 65.8 Å². The minimum atomic E-state index is 0.321. The molecule has 0 radical (unpaired) electrons. The second-order valence-corrected chi connectivity index (χ2v) is 9.12. The van der Waals surface area contributed by atoms with Crippen molar-refractivity contribution in [3.8, 4) is 0 Å². The van der Waals surface area contributed by atoms with Crippen molar-refractivity contribution in [1.82, 2.24) is 5.32 Å². The lowest BCUT2D eigenvalue weighted by molar-refractivity contribution is 0.573. The maximum atomic E-state index is 3.72. The first-order valence-electron chi connectivity index (χ1n) is 8.28. The van der Waals surface area contributed by atoms with E-state index in [1.165, 1.54) is 24.0 Å². The van der Waals surface area contributed by atoms with Crippen LogP contribution in [0.5, 0.6) is 0 Å². The van der Waals surface area contributed by atoms with Crippen molar-refractivity contribution in [3.05, 3.63) is 35.4 Å². The molecule has 21 heavy (non-hydrogen) atoms. The molecule has 120 valence electrons. The molecule has 0 saturated carbocycles. The van der Waals surface area contributed by atoms with Crippen molar-refractivity contribution in [1.29, 1.82) is 0 Å². The van der Waals surface area contributed by atoms with Gasteiger partial charge in [0.1, 0.15) is 0 Å². The molecule has 0 bridgehead atoms. The van der Waals surface area contributed by atoms with Crippen LogP contribution in [0.3, 0.4) is 0 Å². The van der Waals surface area contributed by atoms with E-state index in [-0.39, 0.29) is 0 Å².